The van der Waals surface area contributed by atoms with Crippen molar-refractivity contribution in [3.63, 3.8) is 0 Å². The Balaban J connectivity index is 2.40. The molecule has 0 bridgehead atoms. The average Bonchev–Trinajstić information content (AvgIpc) is 2.56. The molecule has 0 unspecified atom stereocenters. The highest BCUT2D eigenvalue weighted by atomic mass is 16.5. The Morgan fingerprint density at radius 1 is 0.957 bits per heavy atom. The standard InChI is InChI=1S/C15H23N3O5/c1-21-5-4-16-9-14(19)17-10-15(20)18-11-6-12(22-2)8-13(7-11)23-3/h6-8,16H,4-5,9-10H2,1-3H3,(H,17,19)(H,18,20). The lowest BCUT2D eigenvalue weighted by Gasteiger charge is -2.10. The minimum absolute atomic E-state index is 0.121. The summed E-state index contributed by atoms with van der Waals surface area (Å²) in [6, 6.07) is 5.02. The molecular formula is C15H23N3O5. The predicted octanol–water partition coefficient (Wildman–Crippen LogP) is -0.00550. The molecule has 3 N–H and O–H groups in total. The number of rotatable bonds is 10. The van der Waals surface area contributed by atoms with Crippen LogP contribution >= 0.6 is 0 Å². The molecule has 0 saturated heterocycles. The first-order valence-corrected chi connectivity index (χ1v) is 7.08. The van der Waals surface area contributed by atoms with Crippen LogP contribution in [-0.2, 0) is 14.3 Å². The summed E-state index contributed by atoms with van der Waals surface area (Å²) in [4.78, 5) is 23.4. The van der Waals surface area contributed by atoms with E-state index in [1.165, 1.54) is 14.2 Å². The molecule has 0 aliphatic carbocycles. The SMILES string of the molecule is COCCNCC(=O)NCC(=O)Nc1cc(OC)cc(OC)c1. The van der Waals surface area contributed by atoms with Gasteiger partial charge in [-0.05, 0) is 0 Å². The molecule has 1 aromatic rings. The Labute approximate surface area is 135 Å². The molecule has 0 heterocycles. The van der Waals surface area contributed by atoms with Crippen molar-refractivity contribution >= 4 is 17.5 Å². The van der Waals surface area contributed by atoms with Crippen LogP contribution in [0.2, 0.25) is 0 Å². The lowest BCUT2D eigenvalue weighted by Crippen LogP contribution is -2.39. The molecule has 0 aliphatic heterocycles. The molecule has 0 radical (unpaired) electrons. The van der Waals surface area contributed by atoms with Crippen LogP contribution in [0.1, 0.15) is 0 Å². The van der Waals surface area contributed by atoms with Crippen molar-refractivity contribution in [3.8, 4) is 11.5 Å². The molecule has 2 amide bonds. The van der Waals surface area contributed by atoms with E-state index < -0.39 is 0 Å². The molecule has 0 atom stereocenters. The number of nitrogens with one attached hydrogen (secondary N) is 3. The predicted molar refractivity (Wildman–Crippen MR) is 85.9 cm³/mol. The fourth-order valence-electron chi connectivity index (χ4n) is 1.70. The van der Waals surface area contributed by atoms with Crippen molar-refractivity contribution in [2.75, 3.05) is 52.9 Å². The minimum atomic E-state index is -0.342. The number of ether oxygens (including phenoxy) is 3. The van der Waals surface area contributed by atoms with E-state index in [2.05, 4.69) is 16.0 Å². The van der Waals surface area contributed by atoms with Gasteiger partial charge in [0.15, 0.2) is 0 Å². The molecular weight excluding hydrogens is 302 g/mol. The van der Waals surface area contributed by atoms with Crippen molar-refractivity contribution in [2.45, 2.75) is 0 Å². The highest BCUT2D eigenvalue weighted by Crippen LogP contribution is 2.25. The van der Waals surface area contributed by atoms with Crippen molar-refractivity contribution < 1.29 is 23.8 Å². The minimum Gasteiger partial charge on any atom is -0.497 e. The lowest BCUT2D eigenvalue weighted by atomic mass is 10.2. The third kappa shape index (κ3) is 7.48. The van der Waals surface area contributed by atoms with Gasteiger partial charge in [-0.2, -0.15) is 0 Å². The molecule has 0 aliphatic rings. The monoisotopic (exact) mass is 325 g/mol. The van der Waals surface area contributed by atoms with Crippen molar-refractivity contribution in [3.05, 3.63) is 18.2 Å². The van der Waals surface area contributed by atoms with Crippen molar-refractivity contribution in [2.24, 2.45) is 0 Å². The van der Waals surface area contributed by atoms with Gasteiger partial charge in [0.05, 0.1) is 33.9 Å². The summed E-state index contributed by atoms with van der Waals surface area (Å²) in [6.45, 7) is 1.10. The van der Waals surface area contributed by atoms with Crippen molar-refractivity contribution in [1.82, 2.24) is 10.6 Å². The van der Waals surface area contributed by atoms with Gasteiger partial charge in [0.2, 0.25) is 11.8 Å². The summed E-state index contributed by atoms with van der Waals surface area (Å²) in [5.41, 5.74) is 0.527. The van der Waals surface area contributed by atoms with Gasteiger partial charge in [-0.3, -0.25) is 9.59 Å². The third-order valence-corrected chi connectivity index (χ3v) is 2.85. The van der Waals surface area contributed by atoms with Crippen LogP contribution < -0.4 is 25.4 Å². The number of methoxy groups -OCH3 is 3. The molecule has 128 valence electrons. The maximum Gasteiger partial charge on any atom is 0.243 e. The number of hydrogen-bond acceptors (Lipinski definition) is 6. The van der Waals surface area contributed by atoms with E-state index >= 15 is 0 Å². The first kappa shape index (κ1) is 18.7. The number of carbonyl (C=O) groups is 2. The van der Waals surface area contributed by atoms with E-state index in [1.54, 1.807) is 25.3 Å². The summed E-state index contributed by atoms with van der Waals surface area (Å²) in [5, 5.41) is 8.08. The van der Waals surface area contributed by atoms with Gasteiger partial charge in [0, 0.05) is 37.5 Å². The van der Waals surface area contributed by atoms with Gasteiger partial charge in [-0.25, -0.2) is 0 Å². The number of anilines is 1. The second-order valence-corrected chi connectivity index (χ2v) is 4.60. The van der Waals surface area contributed by atoms with Gasteiger partial charge >= 0.3 is 0 Å². The highest BCUT2D eigenvalue weighted by molar-refractivity contribution is 5.95. The van der Waals surface area contributed by atoms with Crippen LogP contribution in [0.5, 0.6) is 11.5 Å². The molecule has 0 aromatic heterocycles. The van der Waals surface area contributed by atoms with Gasteiger partial charge < -0.3 is 30.2 Å². The van der Waals surface area contributed by atoms with Crippen LogP contribution in [0.25, 0.3) is 0 Å². The van der Waals surface area contributed by atoms with E-state index in [9.17, 15) is 9.59 Å². The molecule has 0 spiro atoms. The topological polar surface area (TPSA) is 97.9 Å². The molecule has 0 fully saturated rings. The number of hydrogen-bond donors (Lipinski definition) is 3. The van der Waals surface area contributed by atoms with Crippen molar-refractivity contribution in [1.29, 1.82) is 0 Å². The zero-order valence-electron chi connectivity index (χ0n) is 13.6. The average molecular weight is 325 g/mol. The fourth-order valence-corrected chi connectivity index (χ4v) is 1.70. The molecule has 1 rings (SSSR count). The Bertz CT molecular complexity index is 500. The number of carbonyl (C=O) groups excluding carboxylic acids is 2. The second kappa shape index (κ2) is 10.4. The first-order valence-electron chi connectivity index (χ1n) is 7.08. The van der Waals surface area contributed by atoms with E-state index in [4.69, 9.17) is 14.2 Å². The normalized spacial score (nSPS) is 10.0. The van der Waals surface area contributed by atoms with E-state index in [0.717, 1.165) is 0 Å². The Morgan fingerprint density at radius 2 is 1.61 bits per heavy atom. The van der Waals surface area contributed by atoms with Crippen LogP contribution in [-0.4, -0.2) is 59.4 Å². The highest BCUT2D eigenvalue weighted by Gasteiger charge is 2.08. The molecule has 23 heavy (non-hydrogen) atoms. The molecule has 8 heteroatoms. The Morgan fingerprint density at radius 3 is 2.17 bits per heavy atom. The van der Waals surface area contributed by atoms with Gasteiger partial charge in [0.25, 0.3) is 0 Å². The summed E-state index contributed by atoms with van der Waals surface area (Å²) in [7, 11) is 4.63. The van der Waals surface area contributed by atoms with Gasteiger partial charge in [-0.1, -0.05) is 0 Å². The maximum absolute atomic E-state index is 11.8. The smallest absolute Gasteiger partial charge is 0.243 e. The van der Waals surface area contributed by atoms with Gasteiger partial charge in [0.1, 0.15) is 11.5 Å². The van der Waals surface area contributed by atoms with Crippen LogP contribution in [0.4, 0.5) is 5.69 Å². The van der Waals surface area contributed by atoms with E-state index in [1.807, 2.05) is 0 Å². The van der Waals surface area contributed by atoms with Crippen LogP contribution in [0.15, 0.2) is 18.2 Å². The number of benzene rings is 1. The fraction of sp³-hybridized carbons (Fsp3) is 0.467. The Hall–Kier alpha value is -2.32. The lowest BCUT2D eigenvalue weighted by molar-refractivity contribution is -0.123. The van der Waals surface area contributed by atoms with E-state index in [0.29, 0.717) is 30.3 Å². The first-order chi connectivity index (χ1) is 11.1. The van der Waals surface area contributed by atoms with Gasteiger partial charge in [-0.15, -0.1) is 0 Å². The number of amides is 2. The molecule has 0 saturated carbocycles. The maximum atomic E-state index is 11.8. The summed E-state index contributed by atoms with van der Waals surface area (Å²) >= 11 is 0. The summed E-state index contributed by atoms with van der Waals surface area (Å²) in [5.74, 6) is 0.516. The molecule has 1 aromatic carbocycles. The second-order valence-electron chi connectivity index (χ2n) is 4.60. The molecule has 8 nitrogen and oxygen atoms in total. The van der Waals surface area contributed by atoms with Crippen LogP contribution in [0, 0.1) is 0 Å². The summed E-state index contributed by atoms with van der Waals surface area (Å²) in [6.07, 6.45) is 0. The van der Waals surface area contributed by atoms with Crippen LogP contribution in [0.3, 0.4) is 0 Å². The third-order valence-electron chi connectivity index (χ3n) is 2.85. The van der Waals surface area contributed by atoms with E-state index in [-0.39, 0.29) is 24.9 Å². The quantitative estimate of drug-likeness (QED) is 0.524. The largest absolute Gasteiger partial charge is 0.497 e. The summed E-state index contributed by atoms with van der Waals surface area (Å²) < 4.78 is 15.1. The zero-order valence-corrected chi connectivity index (χ0v) is 13.6. The Kier molecular flexibility index (Phi) is 8.48. The zero-order chi connectivity index (χ0) is 17.1.